The van der Waals surface area contributed by atoms with Gasteiger partial charge < -0.3 is 10.8 Å². The predicted molar refractivity (Wildman–Crippen MR) is 255 cm³/mol. The van der Waals surface area contributed by atoms with Gasteiger partial charge in [0.25, 0.3) is 0 Å². The molecule has 4 aromatic carbocycles. The first-order valence-electron chi connectivity index (χ1n) is 21.8. The van der Waals surface area contributed by atoms with E-state index in [1.807, 2.05) is 0 Å². The van der Waals surface area contributed by atoms with Gasteiger partial charge in [-0.15, -0.1) is 0 Å². The van der Waals surface area contributed by atoms with Gasteiger partial charge in [-0.1, -0.05) is 24.3 Å². The standard InChI is InChI=1S/C24H20F5N3O3S2.C12H10F3N3S.C11H11F2NO4S/c25-16-3-8-20(9-4-16)37(34,35)32-13-17(26)11-22(32)23(33)10-5-18-12-21(31-14-30-18)15-1-6-19(7-2-15)36-24(27,28)29;13-12(14,15)19-10-3-1-8(2-4-10)11-5-9(6-16)17-7-18-11;12-7-1-3-9(4-2-7)19(17,18)14-6-8(13)5-10(14)11(15)16/h1-4,6-9,12,14,17,22H,5,10-11,13H2;1-5,7H,6,16H2;1-4,8,10H,5-6H2,(H,15,16)/t17-,22+;;8-,10+/m1.1/s1. The summed E-state index contributed by atoms with van der Waals surface area (Å²) in [5.41, 5.74) is 0.283. The van der Waals surface area contributed by atoms with Gasteiger partial charge in [-0.05, 0) is 115 Å². The van der Waals surface area contributed by atoms with Crippen LogP contribution in [0, 0.1) is 11.6 Å². The van der Waals surface area contributed by atoms with E-state index in [1.54, 1.807) is 24.3 Å². The van der Waals surface area contributed by atoms with Crippen molar-refractivity contribution in [1.82, 2.24) is 28.5 Å². The number of ketones is 1. The van der Waals surface area contributed by atoms with Crippen LogP contribution in [0.3, 0.4) is 0 Å². The largest absolute Gasteiger partial charge is 0.480 e. The molecule has 28 heteroatoms. The van der Waals surface area contributed by atoms with Crippen LogP contribution in [0.2, 0.25) is 0 Å². The van der Waals surface area contributed by atoms with Gasteiger partial charge in [-0.2, -0.15) is 35.0 Å². The highest BCUT2D eigenvalue weighted by Crippen LogP contribution is 2.39. The van der Waals surface area contributed by atoms with Gasteiger partial charge in [-0.3, -0.25) is 9.59 Å². The molecule has 14 nitrogen and oxygen atoms in total. The van der Waals surface area contributed by atoms with Crippen molar-refractivity contribution in [3.63, 3.8) is 0 Å². The van der Waals surface area contributed by atoms with E-state index in [0.717, 1.165) is 58.4 Å². The van der Waals surface area contributed by atoms with Gasteiger partial charge in [0, 0.05) is 65.5 Å². The van der Waals surface area contributed by atoms with Crippen molar-refractivity contribution in [2.45, 2.75) is 87.3 Å². The number of halogens is 10. The summed E-state index contributed by atoms with van der Waals surface area (Å²) >= 11 is -0.369. The minimum Gasteiger partial charge on any atom is -0.480 e. The second-order valence-electron chi connectivity index (χ2n) is 16.2. The monoisotopic (exact) mass is 1130 g/mol. The van der Waals surface area contributed by atoms with Gasteiger partial charge >= 0.3 is 17.0 Å². The molecule has 2 aliphatic rings. The van der Waals surface area contributed by atoms with Gasteiger partial charge in [0.05, 0.1) is 32.9 Å². The SMILES string of the molecule is NCc1cc(-c2ccc(SC(F)(F)F)cc2)ncn1.O=C(CCc1cc(-c2ccc(SC(F)(F)F)cc2)ncn1)[C@@H]1C[C@@H](F)CN1S(=O)(=O)c1ccc(F)cc1.O=C(O)[C@@H]1C[C@@H](F)CN1S(=O)(=O)c1ccc(F)cc1. The van der Waals surface area contributed by atoms with E-state index in [2.05, 4.69) is 19.9 Å². The van der Waals surface area contributed by atoms with Crippen molar-refractivity contribution in [2.75, 3.05) is 13.1 Å². The Morgan fingerprint density at radius 2 is 0.987 bits per heavy atom. The number of aliphatic carboxylic acids is 1. The second kappa shape index (κ2) is 24.7. The minimum atomic E-state index is -4.40. The molecule has 75 heavy (non-hydrogen) atoms. The molecular formula is C47H41F10N7O7S4. The number of carboxylic acid groups (broad SMARTS) is 1. The van der Waals surface area contributed by atoms with Crippen molar-refractivity contribution < 1.29 is 75.4 Å². The van der Waals surface area contributed by atoms with Crippen molar-refractivity contribution in [1.29, 1.82) is 0 Å². The number of hydrogen-bond acceptors (Lipinski definition) is 13. The molecule has 8 rings (SSSR count). The lowest BCUT2D eigenvalue weighted by Gasteiger charge is -2.22. The Bertz CT molecular complexity index is 3150. The number of nitrogens with two attached hydrogens (primary N) is 1. The first kappa shape index (κ1) is 58.2. The summed E-state index contributed by atoms with van der Waals surface area (Å²) in [6.45, 7) is -0.690. The molecule has 2 aliphatic heterocycles. The Labute approximate surface area is 430 Å². The number of rotatable bonds is 14. The van der Waals surface area contributed by atoms with E-state index in [4.69, 9.17) is 10.8 Å². The van der Waals surface area contributed by atoms with Crippen LogP contribution < -0.4 is 5.73 Å². The minimum absolute atomic E-state index is 0.0269. The van der Waals surface area contributed by atoms with E-state index in [0.29, 0.717) is 32.6 Å². The molecule has 6 aromatic rings. The topological polar surface area (TPSA) is 207 Å². The molecule has 0 unspecified atom stereocenters. The number of thioether (sulfide) groups is 2. The number of aromatic nitrogens is 4. The van der Waals surface area contributed by atoms with E-state index in [1.165, 1.54) is 49.1 Å². The average Bonchev–Trinajstić information content (AvgIpc) is 3.97. The Morgan fingerprint density at radius 3 is 1.39 bits per heavy atom. The molecule has 2 fully saturated rings. The zero-order valence-electron chi connectivity index (χ0n) is 38.4. The summed E-state index contributed by atoms with van der Waals surface area (Å²) in [6, 6.07) is 20.3. The van der Waals surface area contributed by atoms with Crippen LogP contribution in [0.15, 0.2) is 141 Å². The number of sulfonamides is 2. The quantitative estimate of drug-likeness (QED) is 0.0770. The zero-order chi connectivity index (χ0) is 54.9. The maximum absolute atomic E-state index is 14.2. The van der Waals surface area contributed by atoms with Gasteiger partial charge in [0.1, 0.15) is 42.7 Å². The number of nitrogens with zero attached hydrogens (tertiary/aromatic N) is 6. The highest BCUT2D eigenvalue weighted by molar-refractivity contribution is 8.00. The fourth-order valence-electron chi connectivity index (χ4n) is 7.48. The Morgan fingerprint density at radius 1 is 0.600 bits per heavy atom. The molecule has 3 N–H and O–H groups in total. The van der Waals surface area contributed by atoms with Gasteiger partial charge in [0.2, 0.25) is 20.0 Å². The van der Waals surface area contributed by atoms with E-state index < -0.39 is 92.0 Å². The molecule has 0 bridgehead atoms. The summed E-state index contributed by atoms with van der Waals surface area (Å²) in [6.07, 6.45) is -1.06. The smallest absolute Gasteiger partial charge is 0.446 e. The van der Waals surface area contributed by atoms with E-state index in [-0.39, 0.29) is 75.3 Å². The van der Waals surface area contributed by atoms with Crippen LogP contribution in [0.5, 0.6) is 0 Å². The maximum atomic E-state index is 14.2. The molecule has 2 aromatic heterocycles. The van der Waals surface area contributed by atoms with Crippen LogP contribution in [-0.2, 0) is 42.6 Å². The molecule has 4 atom stereocenters. The van der Waals surface area contributed by atoms with Crippen molar-refractivity contribution in [2.24, 2.45) is 5.73 Å². The number of carbonyl (C=O) groups is 2. The fraction of sp³-hybridized carbons (Fsp3) is 0.277. The third kappa shape index (κ3) is 16.2. The van der Waals surface area contributed by atoms with Crippen molar-refractivity contribution in [3.8, 4) is 22.5 Å². The molecule has 0 saturated carbocycles. The molecule has 2 saturated heterocycles. The summed E-state index contributed by atoms with van der Waals surface area (Å²) in [4.78, 5) is 39.8. The van der Waals surface area contributed by atoms with Gasteiger partial charge in [-0.25, -0.2) is 54.3 Å². The highest BCUT2D eigenvalue weighted by atomic mass is 32.2. The lowest BCUT2D eigenvalue weighted by Crippen LogP contribution is -2.40. The maximum Gasteiger partial charge on any atom is 0.446 e. The summed E-state index contributed by atoms with van der Waals surface area (Å²) in [5, 5.41) is 8.92. The Hall–Kier alpha value is -6.04. The predicted octanol–water partition coefficient (Wildman–Crippen LogP) is 9.42. The lowest BCUT2D eigenvalue weighted by atomic mass is 10.0. The molecule has 400 valence electrons. The second-order valence-corrected chi connectivity index (χ2v) is 22.3. The summed E-state index contributed by atoms with van der Waals surface area (Å²) in [7, 11) is -8.35. The molecule has 0 aliphatic carbocycles. The summed E-state index contributed by atoms with van der Waals surface area (Å²) < 4.78 is 179. The molecular weight excluding hydrogens is 1090 g/mol. The van der Waals surface area contributed by atoms with Crippen LogP contribution in [0.1, 0.15) is 30.7 Å². The number of hydrogen-bond donors (Lipinski definition) is 2. The number of aryl methyl sites for hydroxylation is 1. The third-order valence-electron chi connectivity index (χ3n) is 11.0. The normalized spacial score (nSPS) is 18.4. The number of carboxylic acids is 1. The van der Waals surface area contributed by atoms with Crippen molar-refractivity contribution >= 4 is 55.3 Å². The molecule has 0 amide bonds. The van der Waals surface area contributed by atoms with Gasteiger partial charge in [0.15, 0.2) is 5.78 Å². The number of Topliss-reactive ketones (excluding diaryl/α,β-unsaturated/α-hetero) is 1. The Kier molecular flexibility index (Phi) is 19.2. The van der Waals surface area contributed by atoms with Crippen LogP contribution in [-0.4, -0.2) is 111 Å². The number of benzene rings is 4. The zero-order valence-corrected chi connectivity index (χ0v) is 41.6. The first-order chi connectivity index (χ1) is 35.2. The first-order valence-corrected chi connectivity index (χ1v) is 26.4. The fourth-order valence-corrected chi connectivity index (χ4v) is 11.8. The highest BCUT2D eigenvalue weighted by Gasteiger charge is 2.45. The molecule has 0 spiro atoms. The van der Waals surface area contributed by atoms with E-state index >= 15 is 0 Å². The van der Waals surface area contributed by atoms with Crippen molar-refractivity contribution in [3.05, 3.63) is 145 Å². The van der Waals surface area contributed by atoms with Crippen LogP contribution >= 0.6 is 23.5 Å². The molecule has 4 heterocycles. The number of alkyl halides is 8. The average molecular weight is 1130 g/mol. The Balaban J connectivity index is 0.000000202. The van der Waals surface area contributed by atoms with Crippen LogP contribution in [0.25, 0.3) is 22.5 Å². The lowest BCUT2D eigenvalue weighted by molar-refractivity contribution is -0.140. The summed E-state index contributed by atoms with van der Waals surface area (Å²) in [5.74, 6) is -3.12. The third-order valence-corrected chi connectivity index (χ3v) is 16.2. The van der Waals surface area contributed by atoms with E-state index in [9.17, 15) is 70.3 Å². The number of carbonyl (C=O) groups excluding carboxylic acids is 1. The molecule has 0 radical (unpaired) electrons. The van der Waals surface area contributed by atoms with Crippen LogP contribution in [0.4, 0.5) is 43.9 Å².